The van der Waals surface area contributed by atoms with Crippen molar-refractivity contribution in [3.63, 3.8) is 0 Å². The van der Waals surface area contributed by atoms with Crippen LogP contribution in [0.1, 0.15) is 31.7 Å². The van der Waals surface area contributed by atoms with Crippen molar-refractivity contribution in [2.45, 2.75) is 31.0 Å². The summed E-state index contributed by atoms with van der Waals surface area (Å²) in [5.41, 5.74) is 0.991. The molecule has 0 spiro atoms. The van der Waals surface area contributed by atoms with Crippen molar-refractivity contribution < 1.29 is 4.92 Å². The number of non-ortho nitro benzene ring substituents is 1. The second-order valence-electron chi connectivity index (χ2n) is 3.66. The smallest absolute Gasteiger partial charge is 0.258 e. The number of nitrogens with zero attached hydrogens (tertiary/aromatic N) is 1. The number of hydrogen-bond donors (Lipinski definition) is 0. The van der Waals surface area contributed by atoms with Crippen molar-refractivity contribution >= 4 is 33.2 Å². The Morgan fingerprint density at radius 1 is 1.56 bits per heavy atom. The van der Waals surface area contributed by atoms with Gasteiger partial charge in [-0.1, -0.05) is 47.4 Å². The molecule has 0 saturated carbocycles. The van der Waals surface area contributed by atoms with Crippen molar-refractivity contribution in [3.8, 4) is 0 Å². The largest absolute Gasteiger partial charge is 0.270 e. The predicted octanol–water partition coefficient (Wildman–Crippen LogP) is 4.53. The second kappa shape index (κ2) is 5.64. The van der Waals surface area contributed by atoms with Gasteiger partial charge in [0, 0.05) is 17.0 Å². The van der Waals surface area contributed by atoms with Crippen molar-refractivity contribution in [1.82, 2.24) is 0 Å². The van der Waals surface area contributed by atoms with Crippen LogP contribution in [0.25, 0.3) is 0 Å². The molecule has 0 N–H and O–H groups in total. The Morgan fingerprint density at radius 3 is 2.56 bits per heavy atom. The first-order valence-corrected chi connectivity index (χ1v) is 6.34. The fraction of sp³-hybridized carbons (Fsp3) is 0.455. The minimum Gasteiger partial charge on any atom is -0.258 e. The third kappa shape index (κ3) is 2.95. The van der Waals surface area contributed by atoms with Crippen molar-refractivity contribution in [1.29, 1.82) is 0 Å². The highest BCUT2D eigenvalue weighted by atomic mass is 79.9. The highest BCUT2D eigenvalue weighted by molar-refractivity contribution is 9.09. The molecule has 88 valence electrons. The number of halogens is 2. The van der Waals surface area contributed by atoms with Gasteiger partial charge in [0.05, 0.1) is 9.95 Å². The Hall–Kier alpha value is -0.610. The second-order valence-corrected chi connectivity index (χ2v) is 5.51. The molecule has 1 rings (SSSR count). The van der Waals surface area contributed by atoms with Crippen LogP contribution in [0.15, 0.2) is 18.2 Å². The van der Waals surface area contributed by atoms with Crippen LogP contribution in [0.5, 0.6) is 0 Å². The average molecular weight is 307 g/mol. The monoisotopic (exact) mass is 305 g/mol. The van der Waals surface area contributed by atoms with Crippen molar-refractivity contribution in [2.24, 2.45) is 0 Å². The molecule has 0 aromatic heterocycles. The maximum absolute atomic E-state index is 10.6. The molecule has 0 heterocycles. The van der Waals surface area contributed by atoms with Gasteiger partial charge >= 0.3 is 0 Å². The van der Waals surface area contributed by atoms with Gasteiger partial charge in [-0.25, -0.2) is 0 Å². The molecule has 0 aliphatic carbocycles. The van der Waals surface area contributed by atoms with E-state index in [4.69, 9.17) is 11.6 Å². The lowest BCUT2D eigenvalue weighted by molar-refractivity contribution is -0.384. The zero-order chi connectivity index (χ0) is 12.3. The highest BCUT2D eigenvalue weighted by Gasteiger charge is 2.19. The Bertz CT molecular complexity index is 396. The third-order valence-corrected chi connectivity index (χ3v) is 3.55. The van der Waals surface area contributed by atoms with Crippen LogP contribution < -0.4 is 0 Å². The van der Waals surface area contributed by atoms with E-state index in [9.17, 15) is 10.1 Å². The van der Waals surface area contributed by atoms with E-state index in [2.05, 4.69) is 22.9 Å². The van der Waals surface area contributed by atoms with Crippen LogP contribution in [0.3, 0.4) is 0 Å². The van der Waals surface area contributed by atoms with E-state index in [1.807, 2.05) is 6.92 Å². The Morgan fingerprint density at radius 2 is 2.19 bits per heavy atom. The third-order valence-electron chi connectivity index (χ3n) is 2.59. The molecule has 2 atom stereocenters. The summed E-state index contributed by atoms with van der Waals surface area (Å²) >= 11 is 9.59. The maximum atomic E-state index is 10.6. The molecule has 1 aromatic carbocycles. The number of nitro groups is 1. The highest BCUT2D eigenvalue weighted by Crippen LogP contribution is 2.34. The van der Waals surface area contributed by atoms with Gasteiger partial charge in [-0.2, -0.15) is 0 Å². The van der Waals surface area contributed by atoms with E-state index in [1.165, 1.54) is 12.1 Å². The maximum Gasteiger partial charge on any atom is 0.270 e. The molecular formula is C11H13BrClNO2. The van der Waals surface area contributed by atoms with Crippen LogP contribution in [0.2, 0.25) is 5.02 Å². The van der Waals surface area contributed by atoms with E-state index < -0.39 is 4.92 Å². The molecule has 5 heteroatoms. The lowest BCUT2D eigenvalue weighted by atomic mass is 9.94. The summed E-state index contributed by atoms with van der Waals surface area (Å²) in [6, 6.07) is 4.65. The zero-order valence-corrected chi connectivity index (χ0v) is 11.5. The number of alkyl halides is 1. The average Bonchev–Trinajstić information content (AvgIpc) is 2.20. The first-order valence-electron chi connectivity index (χ1n) is 5.05. The fourth-order valence-electron chi connectivity index (χ4n) is 1.72. The molecule has 0 aliphatic rings. The van der Waals surface area contributed by atoms with Crippen LogP contribution >= 0.6 is 27.5 Å². The van der Waals surface area contributed by atoms with Gasteiger partial charge in [0.25, 0.3) is 5.69 Å². The summed E-state index contributed by atoms with van der Waals surface area (Å²) in [6.45, 7) is 4.12. The topological polar surface area (TPSA) is 43.1 Å². The minimum absolute atomic E-state index is 0.0332. The van der Waals surface area contributed by atoms with E-state index in [0.717, 1.165) is 12.0 Å². The van der Waals surface area contributed by atoms with Crippen LogP contribution in [-0.2, 0) is 0 Å². The van der Waals surface area contributed by atoms with Gasteiger partial charge < -0.3 is 0 Å². The standard InChI is InChI=1S/C11H13BrClNO2/c1-3-9(7(2)12)10-5-4-8(14(15)16)6-11(10)13/h4-7,9H,3H2,1-2H3. The number of hydrogen-bond acceptors (Lipinski definition) is 2. The predicted molar refractivity (Wildman–Crippen MR) is 69.5 cm³/mol. The van der Waals surface area contributed by atoms with Gasteiger partial charge in [0.15, 0.2) is 0 Å². The molecular weight excluding hydrogens is 293 g/mol. The number of rotatable bonds is 4. The molecule has 0 radical (unpaired) electrons. The molecule has 0 saturated heterocycles. The Kier molecular flexibility index (Phi) is 4.74. The first-order chi connectivity index (χ1) is 7.47. The van der Waals surface area contributed by atoms with E-state index in [1.54, 1.807) is 6.07 Å². The molecule has 0 bridgehead atoms. The molecule has 0 fully saturated rings. The summed E-state index contributed by atoms with van der Waals surface area (Å²) in [5.74, 6) is 0.272. The van der Waals surface area contributed by atoms with Gasteiger partial charge in [-0.05, 0) is 17.9 Å². The lowest BCUT2D eigenvalue weighted by Gasteiger charge is -2.19. The normalized spacial score (nSPS) is 14.5. The van der Waals surface area contributed by atoms with Gasteiger partial charge in [-0.15, -0.1) is 0 Å². The quantitative estimate of drug-likeness (QED) is 0.466. The Balaban J connectivity index is 3.11. The van der Waals surface area contributed by atoms with Gasteiger partial charge in [-0.3, -0.25) is 10.1 Å². The SMILES string of the molecule is CCC(c1ccc([N+](=O)[O-])cc1Cl)C(C)Br. The molecule has 2 unspecified atom stereocenters. The summed E-state index contributed by atoms with van der Waals surface area (Å²) < 4.78 is 0. The van der Waals surface area contributed by atoms with Gasteiger partial charge in [0.1, 0.15) is 0 Å². The van der Waals surface area contributed by atoms with Crippen LogP contribution in [0, 0.1) is 10.1 Å². The van der Waals surface area contributed by atoms with E-state index in [0.29, 0.717) is 5.02 Å². The first kappa shape index (κ1) is 13.5. The lowest BCUT2D eigenvalue weighted by Crippen LogP contribution is -2.08. The van der Waals surface area contributed by atoms with Gasteiger partial charge in [0.2, 0.25) is 0 Å². The summed E-state index contributed by atoms with van der Waals surface area (Å²) in [7, 11) is 0. The molecule has 0 aliphatic heterocycles. The van der Waals surface area contributed by atoms with Crippen LogP contribution in [-0.4, -0.2) is 9.75 Å². The van der Waals surface area contributed by atoms with Crippen LogP contribution in [0.4, 0.5) is 5.69 Å². The minimum atomic E-state index is -0.436. The number of nitro benzene ring substituents is 1. The number of benzene rings is 1. The Labute approximate surface area is 108 Å². The summed E-state index contributed by atoms with van der Waals surface area (Å²) in [5, 5.41) is 11.0. The summed E-state index contributed by atoms with van der Waals surface area (Å²) in [4.78, 5) is 10.4. The molecule has 0 amide bonds. The van der Waals surface area contributed by atoms with E-state index in [-0.39, 0.29) is 16.4 Å². The molecule has 1 aromatic rings. The zero-order valence-electron chi connectivity index (χ0n) is 9.11. The fourth-order valence-corrected chi connectivity index (χ4v) is 2.70. The van der Waals surface area contributed by atoms with E-state index >= 15 is 0 Å². The summed E-state index contributed by atoms with van der Waals surface area (Å²) in [6.07, 6.45) is 0.934. The van der Waals surface area contributed by atoms with Crippen molar-refractivity contribution in [2.75, 3.05) is 0 Å². The molecule has 3 nitrogen and oxygen atoms in total. The molecule has 16 heavy (non-hydrogen) atoms. The van der Waals surface area contributed by atoms with Crippen molar-refractivity contribution in [3.05, 3.63) is 38.9 Å².